The summed E-state index contributed by atoms with van der Waals surface area (Å²) in [5, 5.41) is 9.66. The molecule has 0 radical (unpaired) electrons. The molecule has 0 bridgehead atoms. The molecule has 7 nitrogen and oxygen atoms in total. The van der Waals surface area contributed by atoms with Gasteiger partial charge in [-0.15, -0.1) is 0 Å². The maximum absolute atomic E-state index is 12.9. The van der Waals surface area contributed by atoms with Crippen LogP contribution in [0, 0.1) is 25.2 Å². The largest absolute Gasteiger partial charge is 0.444 e. The summed E-state index contributed by atoms with van der Waals surface area (Å²) in [7, 11) is 0. The molecule has 1 aromatic heterocycles. The summed E-state index contributed by atoms with van der Waals surface area (Å²) in [5.74, 6) is -0.0685. The molecule has 35 heavy (non-hydrogen) atoms. The zero-order chi connectivity index (χ0) is 25.9. The van der Waals surface area contributed by atoms with Crippen LogP contribution >= 0.6 is 11.6 Å². The first kappa shape index (κ1) is 26.7. The molecule has 0 aliphatic carbocycles. The molecule has 2 aromatic rings. The number of hydrogen-bond acceptors (Lipinski definition) is 6. The fourth-order valence-corrected chi connectivity index (χ4v) is 4.54. The summed E-state index contributed by atoms with van der Waals surface area (Å²) < 4.78 is 5.54. The number of amides is 1. The lowest BCUT2D eigenvalue weighted by Crippen LogP contribution is -2.54. The Labute approximate surface area is 212 Å². The van der Waals surface area contributed by atoms with Crippen molar-refractivity contribution in [3.63, 3.8) is 0 Å². The van der Waals surface area contributed by atoms with Crippen molar-refractivity contribution in [2.45, 2.75) is 66.2 Å². The molecular weight excluding hydrogens is 464 g/mol. The molecule has 186 valence electrons. The molecule has 3 rings (SSSR count). The maximum atomic E-state index is 12.9. The van der Waals surface area contributed by atoms with Gasteiger partial charge in [0.1, 0.15) is 17.4 Å². The van der Waals surface area contributed by atoms with Gasteiger partial charge in [-0.25, -0.2) is 9.78 Å². The van der Waals surface area contributed by atoms with Crippen LogP contribution < -0.4 is 0 Å². The number of carbonyl (C=O) groups is 2. The summed E-state index contributed by atoms with van der Waals surface area (Å²) in [6, 6.07) is 7.54. The van der Waals surface area contributed by atoms with E-state index in [0.29, 0.717) is 34.9 Å². The van der Waals surface area contributed by atoms with E-state index in [9.17, 15) is 9.59 Å². The number of halogens is 1. The molecule has 1 saturated heterocycles. The number of nitriles is 1. The zero-order valence-electron chi connectivity index (χ0n) is 21.3. The van der Waals surface area contributed by atoms with E-state index < -0.39 is 5.60 Å². The molecule has 1 aliphatic heterocycles. The molecule has 1 aliphatic rings. The number of nitrogens with zero attached hydrogens (tertiary/aromatic N) is 4. The van der Waals surface area contributed by atoms with Gasteiger partial charge in [0, 0.05) is 55.4 Å². The number of pyridine rings is 1. The third kappa shape index (κ3) is 6.81. The van der Waals surface area contributed by atoms with Gasteiger partial charge in [-0.05, 0) is 82.0 Å². The van der Waals surface area contributed by atoms with Crippen LogP contribution in [0.1, 0.15) is 66.0 Å². The number of benzene rings is 1. The maximum Gasteiger partial charge on any atom is 0.410 e. The van der Waals surface area contributed by atoms with Crippen LogP contribution in [-0.4, -0.2) is 57.9 Å². The Hall–Kier alpha value is -2.95. The van der Waals surface area contributed by atoms with Crippen molar-refractivity contribution in [3.8, 4) is 6.07 Å². The second-order valence-corrected chi connectivity index (χ2v) is 10.6. The van der Waals surface area contributed by atoms with Crippen LogP contribution in [0.2, 0.25) is 5.02 Å². The van der Waals surface area contributed by atoms with Crippen LogP contribution in [0.25, 0.3) is 0 Å². The number of carbonyl (C=O) groups excluding carboxylic acids is 2. The van der Waals surface area contributed by atoms with Crippen molar-refractivity contribution in [1.29, 1.82) is 5.26 Å². The van der Waals surface area contributed by atoms with E-state index in [4.69, 9.17) is 21.6 Å². The average molecular weight is 497 g/mol. The molecule has 1 fully saturated rings. The van der Waals surface area contributed by atoms with Gasteiger partial charge in [0.2, 0.25) is 0 Å². The van der Waals surface area contributed by atoms with Crippen molar-refractivity contribution in [2.75, 3.05) is 19.6 Å². The molecule has 0 unspecified atom stereocenters. The highest BCUT2D eigenvalue weighted by atomic mass is 35.5. The third-order valence-corrected chi connectivity index (χ3v) is 6.40. The number of aryl methyl sites for hydroxylation is 1. The monoisotopic (exact) mass is 496 g/mol. The predicted octanol–water partition coefficient (Wildman–Crippen LogP) is 5.09. The van der Waals surface area contributed by atoms with E-state index >= 15 is 0 Å². The molecular formula is C27H33ClN4O3. The lowest BCUT2D eigenvalue weighted by molar-refractivity contribution is 0.000531. The Bertz CT molecular complexity index is 1170. The Balaban J connectivity index is 1.70. The number of ketones is 1. The molecule has 8 heteroatoms. The number of hydrogen-bond donors (Lipinski definition) is 0. The van der Waals surface area contributed by atoms with Crippen molar-refractivity contribution in [3.05, 3.63) is 62.9 Å². The van der Waals surface area contributed by atoms with Gasteiger partial charge in [0.15, 0.2) is 5.78 Å². The number of Topliss-reactive ketones (excluding diaryl/α,β-unsaturated/α-hetero) is 1. The van der Waals surface area contributed by atoms with E-state index in [-0.39, 0.29) is 24.3 Å². The van der Waals surface area contributed by atoms with Crippen LogP contribution in [0.5, 0.6) is 0 Å². The number of ether oxygens (including phenoxy) is 1. The Kier molecular flexibility index (Phi) is 8.19. The Morgan fingerprint density at radius 1 is 1.20 bits per heavy atom. The molecule has 1 aromatic carbocycles. The van der Waals surface area contributed by atoms with Gasteiger partial charge >= 0.3 is 6.09 Å². The Morgan fingerprint density at radius 3 is 2.49 bits per heavy atom. The van der Waals surface area contributed by atoms with Crippen molar-refractivity contribution in [1.82, 2.24) is 14.8 Å². The van der Waals surface area contributed by atoms with E-state index in [1.807, 2.05) is 52.8 Å². The quantitative estimate of drug-likeness (QED) is 0.536. The van der Waals surface area contributed by atoms with Gasteiger partial charge in [-0.1, -0.05) is 11.6 Å². The topological polar surface area (TPSA) is 86.5 Å². The van der Waals surface area contributed by atoms with Crippen LogP contribution in [-0.2, 0) is 17.7 Å². The number of aromatic nitrogens is 1. The van der Waals surface area contributed by atoms with E-state index in [1.165, 1.54) is 6.20 Å². The minimum absolute atomic E-state index is 0.0197. The average Bonchev–Trinajstić information content (AvgIpc) is 2.75. The molecule has 0 spiro atoms. The molecule has 2 heterocycles. The lowest BCUT2D eigenvalue weighted by Gasteiger charge is -2.40. The fraction of sp³-hybridized carbons (Fsp3) is 0.481. The van der Waals surface area contributed by atoms with Crippen LogP contribution in [0.4, 0.5) is 4.79 Å². The van der Waals surface area contributed by atoms with Crippen molar-refractivity contribution in [2.24, 2.45) is 0 Å². The lowest BCUT2D eigenvalue weighted by atomic mass is 9.95. The first-order valence-corrected chi connectivity index (χ1v) is 12.2. The highest BCUT2D eigenvalue weighted by Crippen LogP contribution is 2.25. The van der Waals surface area contributed by atoms with Gasteiger partial charge in [0.25, 0.3) is 0 Å². The summed E-state index contributed by atoms with van der Waals surface area (Å²) in [6.07, 6.45) is 1.38. The first-order valence-electron chi connectivity index (χ1n) is 11.8. The summed E-state index contributed by atoms with van der Waals surface area (Å²) in [5.41, 5.74) is 3.93. The smallest absolute Gasteiger partial charge is 0.410 e. The van der Waals surface area contributed by atoms with Crippen molar-refractivity contribution < 1.29 is 14.3 Å². The minimum Gasteiger partial charge on any atom is -0.444 e. The second-order valence-electron chi connectivity index (χ2n) is 10.2. The second kappa shape index (κ2) is 10.8. The number of piperazine rings is 1. The summed E-state index contributed by atoms with van der Waals surface area (Å²) in [6.45, 7) is 14.1. The standard InChI is InChI=1S/C27H33ClN4O3/c1-17-9-21(14-30-24(17)13-29)25(33)12-20-10-23(28)11-22(19(20)3)16-31-7-8-32(18(2)15-31)26(34)35-27(4,5)6/h9-11,14,18H,7-8,12,15-16H2,1-6H3/t18-/m0/s1. The normalized spacial score (nSPS) is 16.6. The molecule has 1 amide bonds. The summed E-state index contributed by atoms with van der Waals surface area (Å²) in [4.78, 5) is 33.6. The highest BCUT2D eigenvalue weighted by Gasteiger charge is 2.31. The molecule has 0 saturated carbocycles. The zero-order valence-corrected chi connectivity index (χ0v) is 22.1. The van der Waals surface area contributed by atoms with E-state index in [1.54, 1.807) is 17.9 Å². The SMILES string of the molecule is Cc1cc(C(=O)Cc2cc(Cl)cc(CN3CCN(C(=O)OC(C)(C)C)[C@@H](C)C3)c2C)cnc1C#N. The van der Waals surface area contributed by atoms with Gasteiger partial charge in [-0.2, -0.15) is 5.26 Å². The Morgan fingerprint density at radius 2 is 1.89 bits per heavy atom. The fourth-order valence-electron chi connectivity index (χ4n) is 4.27. The molecule has 0 N–H and O–H groups in total. The third-order valence-electron chi connectivity index (χ3n) is 6.18. The number of rotatable bonds is 5. The van der Waals surface area contributed by atoms with Crippen LogP contribution in [0.15, 0.2) is 24.4 Å². The van der Waals surface area contributed by atoms with Crippen LogP contribution in [0.3, 0.4) is 0 Å². The molecule has 1 atom stereocenters. The van der Waals surface area contributed by atoms with Gasteiger partial charge in [-0.3, -0.25) is 9.69 Å². The minimum atomic E-state index is -0.522. The highest BCUT2D eigenvalue weighted by molar-refractivity contribution is 6.30. The predicted molar refractivity (Wildman–Crippen MR) is 136 cm³/mol. The van der Waals surface area contributed by atoms with E-state index in [0.717, 1.165) is 29.8 Å². The summed E-state index contributed by atoms with van der Waals surface area (Å²) >= 11 is 6.44. The van der Waals surface area contributed by atoms with Gasteiger partial charge in [0.05, 0.1) is 0 Å². The van der Waals surface area contributed by atoms with E-state index in [2.05, 4.69) is 9.88 Å². The van der Waals surface area contributed by atoms with Crippen molar-refractivity contribution >= 4 is 23.5 Å². The first-order chi connectivity index (χ1) is 16.4. The van der Waals surface area contributed by atoms with Gasteiger partial charge < -0.3 is 9.64 Å².